The second-order valence-corrected chi connectivity index (χ2v) is 5.94. The van der Waals surface area contributed by atoms with Crippen molar-refractivity contribution in [2.45, 2.75) is 18.9 Å². The molecule has 0 bridgehead atoms. The van der Waals surface area contributed by atoms with Crippen molar-refractivity contribution in [3.05, 3.63) is 41.4 Å². The molecule has 106 valence electrons. The van der Waals surface area contributed by atoms with Crippen LogP contribution in [0, 0.1) is 0 Å². The number of nitrogens with two attached hydrogens (primary N) is 2. The maximum absolute atomic E-state index is 6.39. The monoisotopic (exact) mass is 298 g/mol. The Hall–Kier alpha value is -2.20. The Morgan fingerprint density at radius 2 is 1.81 bits per heavy atom. The highest BCUT2D eigenvalue weighted by molar-refractivity contribution is 6.35. The summed E-state index contributed by atoms with van der Waals surface area (Å²) < 4.78 is 2.23. The number of imidazole rings is 1. The largest absolute Gasteiger partial charge is 0.399 e. The van der Waals surface area contributed by atoms with Crippen molar-refractivity contribution in [1.29, 1.82) is 0 Å². The van der Waals surface area contributed by atoms with E-state index in [4.69, 9.17) is 28.1 Å². The van der Waals surface area contributed by atoms with Gasteiger partial charge in [0.05, 0.1) is 16.1 Å². The Bertz CT molecular complexity index is 829. The Morgan fingerprint density at radius 3 is 2.48 bits per heavy atom. The van der Waals surface area contributed by atoms with Gasteiger partial charge >= 0.3 is 0 Å². The van der Waals surface area contributed by atoms with E-state index >= 15 is 0 Å². The maximum Gasteiger partial charge on any atom is 0.141 e. The second kappa shape index (κ2) is 4.40. The number of nitrogens with zero attached hydrogens (tertiary/aromatic N) is 2. The molecule has 21 heavy (non-hydrogen) atoms. The minimum Gasteiger partial charge on any atom is -0.399 e. The third-order valence-corrected chi connectivity index (χ3v) is 4.11. The fourth-order valence-corrected chi connectivity index (χ4v) is 3.06. The predicted molar refractivity (Wildman–Crippen MR) is 87.3 cm³/mol. The van der Waals surface area contributed by atoms with Gasteiger partial charge in [-0.15, -0.1) is 0 Å². The van der Waals surface area contributed by atoms with Gasteiger partial charge in [0.1, 0.15) is 5.82 Å². The topological polar surface area (TPSA) is 69.9 Å². The second-order valence-electron chi connectivity index (χ2n) is 5.53. The third-order valence-electron chi connectivity index (χ3n) is 3.81. The zero-order valence-electron chi connectivity index (χ0n) is 11.4. The van der Waals surface area contributed by atoms with Gasteiger partial charge in [0.15, 0.2) is 0 Å². The van der Waals surface area contributed by atoms with E-state index in [1.165, 1.54) is 0 Å². The number of halogens is 1. The van der Waals surface area contributed by atoms with Gasteiger partial charge in [0.2, 0.25) is 0 Å². The minimum atomic E-state index is 0.465. The van der Waals surface area contributed by atoms with Gasteiger partial charge in [0, 0.05) is 23.0 Å². The first-order chi connectivity index (χ1) is 10.1. The molecule has 0 radical (unpaired) electrons. The number of fused-ring (bicyclic) bond motifs is 1. The highest BCUT2D eigenvalue weighted by Gasteiger charge is 2.29. The van der Waals surface area contributed by atoms with Gasteiger partial charge < -0.3 is 16.0 Å². The first-order valence-electron chi connectivity index (χ1n) is 6.96. The lowest BCUT2D eigenvalue weighted by molar-refractivity contribution is 0.775. The van der Waals surface area contributed by atoms with Crippen LogP contribution in [0.3, 0.4) is 0 Å². The van der Waals surface area contributed by atoms with Crippen LogP contribution >= 0.6 is 11.6 Å². The predicted octanol–water partition coefficient (Wildman–Crippen LogP) is 3.86. The molecule has 2 aromatic carbocycles. The summed E-state index contributed by atoms with van der Waals surface area (Å²) in [4.78, 5) is 4.75. The summed E-state index contributed by atoms with van der Waals surface area (Å²) in [6.45, 7) is 0. The van der Waals surface area contributed by atoms with Crippen molar-refractivity contribution in [2.75, 3.05) is 11.5 Å². The molecule has 0 aliphatic heterocycles. The lowest BCUT2D eigenvalue weighted by atomic mass is 10.1. The molecule has 1 fully saturated rings. The number of benzene rings is 2. The molecule has 0 atom stereocenters. The fraction of sp³-hybridized carbons (Fsp3) is 0.188. The first-order valence-corrected chi connectivity index (χ1v) is 7.34. The van der Waals surface area contributed by atoms with E-state index < -0.39 is 0 Å². The number of hydrogen-bond donors (Lipinski definition) is 2. The summed E-state index contributed by atoms with van der Waals surface area (Å²) in [7, 11) is 0. The first kappa shape index (κ1) is 12.5. The highest BCUT2D eigenvalue weighted by Crippen LogP contribution is 2.43. The van der Waals surface area contributed by atoms with Crippen molar-refractivity contribution in [2.24, 2.45) is 0 Å². The average molecular weight is 299 g/mol. The summed E-state index contributed by atoms with van der Waals surface area (Å²) in [5, 5.41) is 0.732. The van der Waals surface area contributed by atoms with E-state index in [1.54, 1.807) is 6.07 Å². The molecule has 1 aliphatic carbocycles. The summed E-state index contributed by atoms with van der Waals surface area (Å²) in [5.41, 5.74) is 16.0. The molecule has 4 rings (SSSR count). The van der Waals surface area contributed by atoms with E-state index in [9.17, 15) is 0 Å². The van der Waals surface area contributed by atoms with Crippen molar-refractivity contribution in [3.8, 4) is 11.4 Å². The Morgan fingerprint density at radius 1 is 1.10 bits per heavy atom. The lowest BCUT2D eigenvalue weighted by Crippen LogP contribution is -1.99. The zero-order chi connectivity index (χ0) is 14.6. The number of hydrogen-bond acceptors (Lipinski definition) is 3. The molecule has 4 nitrogen and oxygen atoms in total. The normalized spacial score (nSPS) is 14.7. The molecule has 1 heterocycles. The quantitative estimate of drug-likeness (QED) is 0.706. The molecule has 5 heteroatoms. The molecule has 0 saturated heterocycles. The van der Waals surface area contributed by atoms with Crippen LogP contribution in [0.1, 0.15) is 18.9 Å². The Balaban J connectivity index is 2.04. The van der Waals surface area contributed by atoms with E-state index in [0.29, 0.717) is 17.4 Å². The number of rotatable bonds is 2. The molecule has 0 unspecified atom stereocenters. The third kappa shape index (κ3) is 2.03. The Labute approximate surface area is 127 Å². The van der Waals surface area contributed by atoms with Gasteiger partial charge in [-0.05, 0) is 43.2 Å². The van der Waals surface area contributed by atoms with E-state index in [2.05, 4.69) is 4.57 Å². The molecule has 0 amide bonds. The smallest absolute Gasteiger partial charge is 0.141 e. The summed E-state index contributed by atoms with van der Waals surface area (Å²) in [6.07, 6.45) is 2.31. The standard InChI is InChI=1S/C16H15ClN4/c17-13-2-1-3-14-15(13)21(12-4-5-12)16(20-14)9-6-10(18)8-11(19)7-9/h1-3,6-8,12H,4-5,18-19H2. The lowest BCUT2D eigenvalue weighted by Gasteiger charge is -2.09. The number of anilines is 2. The van der Waals surface area contributed by atoms with Crippen LogP contribution in [0.4, 0.5) is 11.4 Å². The molecule has 3 aromatic rings. The van der Waals surface area contributed by atoms with E-state index in [-0.39, 0.29) is 0 Å². The summed E-state index contributed by atoms with van der Waals surface area (Å²) in [6, 6.07) is 11.8. The molecular formula is C16H15ClN4. The number of para-hydroxylation sites is 1. The van der Waals surface area contributed by atoms with Crippen LogP contribution in [0.25, 0.3) is 22.4 Å². The van der Waals surface area contributed by atoms with Gasteiger partial charge in [-0.1, -0.05) is 17.7 Å². The molecule has 0 spiro atoms. The minimum absolute atomic E-state index is 0.465. The average Bonchev–Trinajstić information content (AvgIpc) is 3.18. The molecule has 1 saturated carbocycles. The van der Waals surface area contributed by atoms with E-state index in [0.717, 1.165) is 40.3 Å². The van der Waals surface area contributed by atoms with Gasteiger partial charge in [-0.2, -0.15) is 0 Å². The molecule has 1 aliphatic rings. The maximum atomic E-state index is 6.39. The van der Waals surface area contributed by atoms with Crippen LogP contribution in [0.15, 0.2) is 36.4 Å². The summed E-state index contributed by atoms with van der Waals surface area (Å²) >= 11 is 6.39. The SMILES string of the molecule is Nc1cc(N)cc(-c2nc3cccc(Cl)c3n2C2CC2)c1. The zero-order valence-corrected chi connectivity index (χ0v) is 12.1. The number of nitrogen functional groups attached to an aromatic ring is 2. The van der Waals surface area contributed by atoms with Crippen LogP contribution in [0.5, 0.6) is 0 Å². The number of aromatic nitrogens is 2. The van der Waals surface area contributed by atoms with Gasteiger partial charge in [-0.3, -0.25) is 0 Å². The van der Waals surface area contributed by atoms with Crippen molar-refractivity contribution < 1.29 is 0 Å². The van der Waals surface area contributed by atoms with Crippen molar-refractivity contribution in [3.63, 3.8) is 0 Å². The van der Waals surface area contributed by atoms with Gasteiger partial charge in [0.25, 0.3) is 0 Å². The van der Waals surface area contributed by atoms with Crippen LogP contribution in [0.2, 0.25) is 5.02 Å². The fourth-order valence-electron chi connectivity index (χ4n) is 2.80. The van der Waals surface area contributed by atoms with Gasteiger partial charge in [-0.25, -0.2) is 4.98 Å². The summed E-state index contributed by atoms with van der Waals surface area (Å²) in [5.74, 6) is 0.889. The molecule has 1 aromatic heterocycles. The van der Waals surface area contributed by atoms with E-state index in [1.807, 2.05) is 30.3 Å². The molecular weight excluding hydrogens is 284 g/mol. The van der Waals surface area contributed by atoms with Crippen LogP contribution in [-0.2, 0) is 0 Å². The van der Waals surface area contributed by atoms with Crippen LogP contribution in [-0.4, -0.2) is 9.55 Å². The highest BCUT2D eigenvalue weighted by atomic mass is 35.5. The van der Waals surface area contributed by atoms with Crippen LogP contribution < -0.4 is 11.5 Å². The molecule has 4 N–H and O–H groups in total. The Kier molecular flexibility index (Phi) is 2.62. The van der Waals surface area contributed by atoms with Crippen molar-refractivity contribution in [1.82, 2.24) is 9.55 Å². The van der Waals surface area contributed by atoms with Crippen molar-refractivity contribution >= 4 is 34.0 Å².